The van der Waals surface area contributed by atoms with E-state index in [2.05, 4.69) is 4.98 Å². The molecule has 2 rings (SSSR count). The van der Waals surface area contributed by atoms with Crippen molar-refractivity contribution in [3.05, 3.63) is 30.6 Å². The third-order valence-corrected chi connectivity index (χ3v) is 1.52. The zero-order valence-electron chi connectivity index (χ0n) is 6.48. The van der Waals surface area contributed by atoms with Crippen molar-refractivity contribution in [3.63, 3.8) is 0 Å². The largest absolute Gasteiger partial charge is 0.396 e. The molecule has 1 aliphatic rings. The van der Waals surface area contributed by atoms with Gasteiger partial charge in [0.1, 0.15) is 0 Å². The molecule has 1 N–H and O–H groups in total. The smallest absolute Gasteiger partial charge is 0.0459 e. The maximum absolute atomic E-state index is 8.21. The fourth-order valence-electron chi connectivity index (χ4n) is 0.613. The van der Waals surface area contributed by atoms with Gasteiger partial charge in [0.2, 0.25) is 0 Å². The summed E-state index contributed by atoms with van der Waals surface area (Å²) in [5.74, 6) is 0.690. The maximum Gasteiger partial charge on any atom is 0.0459 e. The first-order valence-electron chi connectivity index (χ1n) is 3.89. The van der Waals surface area contributed by atoms with Crippen molar-refractivity contribution in [3.8, 4) is 0 Å². The average Bonchev–Trinajstić information content (AvgIpc) is 2.91. The van der Waals surface area contributed by atoms with Gasteiger partial charge in [-0.05, 0) is 30.9 Å². The summed E-state index contributed by atoms with van der Waals surface area (Å²) in [7, 11) is 0. The normalized spacial score (nSPS) is 15.0. The second-order valence-electron chi connectivity index (χ2n) is 2.65. The van der Waals surface area contributed by atoms with Crippen LogP contribution in [0.5, 0.6) is 0 Å². The average molecular weight is 151 g/mol. The number of hydrogen-bond donors (Lipinski definition) is 1. The lowest BCUT2D eigenvalue weighted by molar-refractivity contribution is 0.277. The summed E-state index contributed by atoms with van der Waals surface area (Å²) in [6, 6.07) is 5.72. The van der Waals surface area contributed by atoms with E-state index in [1.807, 2.05) is 18.2 Å². The van der Waals surface area contributed by atoms with Crippen LogP contribution in [-0.4, -0.2) is 16.7 Å². The molecule has 0 saturated heterocycles. The third-order valence-electron chi connectivity index (χ3n) is 1.52. The van der Waals surface area contributed by atoms with Gasteiger partial charge < -0.3 is 5.11 Å². The predicted molar refractivity (Wildman–Crippen MR) is 44.0 cm³/mol. The Balaban J connectivity index is 0.000000112. The van der Waals surface area contributed by atoms with Gasteiger partial charge in [0.05, 0.1) is 0 Å². The molecule has 0 atom stereocenters. The van der Waals surface area contributed by atoms with Gasteiger partial charge in [0.25, 0.3) is 0 Å². The first-order valence-corrected chi connectivity index (χ1v) is 3.89. The van der Waals surface area contributed by atoms with E-state index in [4.69, 9.17) is 5.11 Å². The highest BCUT2D eigenvalue weighted by atomic mass is 16.3. The topological polar surface area (TPSA) is 33.1 Å². The van der Waals surface area contributed by atoms with Crippen LogP contribution in [0.15, 0.2) is 30.6 Å². The van der Waals surface area contributed by atoms with Crippen LogP contribution < -0.4 is 0 Å². The Morgan fingerprint density at radius 2 is 1.82 bits per heavy atom. The quantitative estimate of drug-likeness (QED) is 0.659. The van der Waals surface area contributed by atoms with E-state index in [-0.39, 0.29) is 0 Å². The van der Waals surface area contributed by atoms with Crippen molar-refractivity contribution >= 4 is 0 Å². The van der Waals surface area contributed by atoms with Crippen molar-refractivity contribution in [1.82, 2.24) is 4.98 Å². The molecule has 2 nitrogen and oxygen atoms in total. The Bertz CT molecular complexity index is 145. The van der Waals surface area contributed by atoms with Gasteiger partial charge in [-0.25, -0.2) is 0 Å². The summed E-state index contributed by atoms with van der Waals surface area (Å²) < 4.78 is 0. The summed E-state index contributed by atoms with van der Waals surface area (Å²) in [5.41, 5.74) is 0. The van der Waals surface area contributed by atoms with Crippen LogP contribution in [-0.2, 0) is 0 Å². The van der Waals surface area contributed by atoms with E-state index in [0.29, 0.717) is 12.5 Å². The van der Waals surface area contributed by atoms with E-state index in [1.54, 1.807) is 12.4 Å². The van der Waals surface area contributed by atoms with Gasteiger partial charge in [0.15, 0.2) is 0 Å². The minimum absolute atomic E-state index is 0.417. The molecule has 60 valence electrons. The molecular weight excluding hydrogens is 138 g/mol. The number of rotatable bonds is 1. The fraction of sp³-hybridized carbons (Fsp3) is 0.444. The highest BCUT2D eigenvalue weighted by molar-refractivity contribution is 4.88. The van der Waals surface area contributed by atoms with Crippen LogP contribution in [0.25, 0.3) is 0 Å². The minimum Gasteiger partial charge on any atom is -0.396 e. The predicted octanol–water partition coefficient (Wildman–Crippen LogP) is 1.47. The van der Waals surface area contributed by atoms with Crippen LogP contribution in [0, 0.1) is 5.92 Å². The molecule has 1 heterocycles. The molecule has 1 aliphatic carbocycles. The standard InChI is InChI=1S/C5H5N.C4H8O/c1-2-4-6-5-3-1;5-3-4-1-2-4/h1-5H;4-5H,1-3H2. The molecule has 1 fully saturated rings. The van der Waals surface area contributed by atoms with E-state index < -0.39 is 0 Å². The number of aliphatic hydroxyl groups excluding tert-OH is 1. The number of aromatic nitrogens is 1. The fourth-order valence-corrected chi connectivity index (χ4v) is 0.613. The molecule has 2 heteroatoms. The molecule has 11 heavy (non-hydrogen) atoms. The second kappa shape index (κ2) is 4.85. The lowest BCUT2D eigenvalue weighted by Crippen LogP contribution is -1.78. The maximum atomic E-state index is 8.21. The lowest BCUT2D eigenvalue weighted by Gasteiger charge is -1.73. The van der Waals surface area contributed by atoms with Crippen molar-refractivity contribution in [1.29, 1.82) is 0 Å². The summed E-state index contributed by atoms with van der Waals surface area (Å²) in [6.45, 7) is 0.417. The van der Waals surface area contributed by atoms with E-state index in [9.17, 15) is 0 Å². The first kappa shape index (κ1) is 8.21. The molecule has 1 aromatic rings. The summed E-state index contributed by atoms with van der Waals surface area (Å²) in [5, 5.41) is 8.21. The molecule has 0 radical (unpaired) electrons. The zero-order chi connectivity index (χ0) is 7.94. The first-order chi connectivity index (χ1) is 5.43. The number of aliphatic hydroxyl groups is 1. The summed E-state index contributed by atoms with van der Waals surface area (Å²) in [4.78, 5) is 3.78. The van der Waals surface area contributed by atoms with Gasteiger partial charge >= 0.3 is 0 Å². The molecular formula is C9H13NO. The highest BCUT2D eigenvalue weighted by Gasteiger charge is 2.18. The number of nitrogens with zero attached hydrogens (tertiary/aromatic N) is 1. The zero-order valence-corrected chi connectivity index (χ0v) is 6.48. The van der Waals surface area contributed by atoms with E-state index >= 15 is 0 Å². The van der Waals surface area contributed by atoms with E-state index in [0.717, 1.165) is 0 Å². The van der Waals surface area contributed by atoms with Gasteiger partial charge in [0, 0.05) is 19.0 Å². The van der Waals surface area contributed by atoms with Crippen LogP contribution >= 0.6 is 0 Å². The van der Waals surface area contributed by atoms with Crippen molar-refractivity contribution in [2.75, 3.05) is 6.61 Å². The molecule has 0 spiro atoms. The molecule has 1 aromatic heterocycles. The Morgan fingerprint density at radius 3 is 1.91 bits per heavy atom. The lowest BCUT2D eigenvalue weighted by atomic mass is 10.5. The van der Waals surface area contributed by atoms with Crippen molar-refractivity contribution in [2.45, 2.75) is 12.8 Å². The monoisotopic (exact) mass is 151 g/mol. The molecule has 0 bridgehead atoms. The van der Waals surface area contributed by atoms with Crippen LogP contribution in [0.3, 0.4) is 0 Å². The van der Waals surface area contributed by atoms with Crippen molar-refractivity contribution in [2.24, 2.45) is 5.92 Å². The Labute approximate surface area is 66.9 Å². The molecule has 0 aliphatic heterocycles. The van der Waals surface area contributed by atoms with Gasteiger partial charge in [-0.3, -0.25) is 4.98 Å². The summed E-state index contributed by atoms with van der Waals surface area (Å²) in [6.07, 6.45) is 6.02. The minimum atomic E-state index is 0.417. The van der Waals surface area contributed by atoms with Gasteiger partial charge in [-0.2, -0.15) is 0 Å². The number of pyridine rings is 1. The molecule has 0 unspecified atom stereocenters. The number of hydrogen-bond acceptors (Lipinski definition) is 2. The Hall–Kier alpha value is -0.890. The molecule has 0 amide bonds. The van der Waals surface area contributed by atoms with Crippen LogP contribution in [0.1, 0.15) is 12.8 Å². The van der Waals surface area contributed by atoms with Crippen LogP contribution in [0.2, 0.25) is 0 Å². The van der Waals surface area contributed by atoms with Gasteiger partial charge in [-0.15, -0.1) is 0 Å². The van der Waals surface area contributed by atoms with Gasteiger partial charge in [-0.1, -0.05) is 6.07 Å². The van der Waals surface area contributed by atoms with Crippen LogP contribution in [0.4, 0.5) is 0 Å². The Kier molecular flexibility index (Phi) is 3.62. The molecule has 1 saturated carbocycles. The molecule has 0 aromatic carbocycles. The SMILES string of the molecule is OCC1CC1.c1ccncc1. The Morgan fingerprint density at radius 1 is 1.18 bits per heavy atom. The van der Waals surface area contributed by atoms with Crippen molar-refractivity contribution < 1.29 is 5.11 Å². The highest BCUT2D eigenvalue weighted by Crippen LogP contribution is 2.27. The second-order valence-corrected chi connectivity index (χ2v) is 2.65. The van der Waals surface area contributed by atoms with E-state index in [1.165, 1.54) is 12.8 Å². The summed E-state index contributed by atoms with van der Waals surface area (Å²) >= 11 is 0. The third kappa shape index (κ3) is 4.51.